The van der Waals surface area contributed by atoms with Crippen LogP contribution in [0.15, 0.2) is 0 Å². The highest BCUT2D eigenvalue weighted by Crippen LogP contribution is 2.13. The normalized spacial score (nSPS) is 24.8. The fourth-order valence-electron chi connectivity index (χ4n) is 1.69. The zero-order chi connectivity index (χ0) is 10.7. The number of hydrogen-bond donors (Lipinski definition) is 1. The molecule has 80 valence electrons. The van der Waals surface area contributed by atoms with Crippen LogP contribution in [-0.2, 0) is 9.59 Å². The molecule has 0 aromatic rings. The van der Waals surface area contributed by atoms with Crippen molar-refractivity contribution in [3.05, 3.63) is 0 Å². The van der Waals surface area contributed by atoms with E-state index in [2.05, 4.69) is 5.32 Å². The summed E-state index contributed by atoms with van der Waals surface area (Å²) in [5.41, 5.74) is 0. The quantitative estimate of drug-likeness (QED) is 0.727. The molecule has 0 spiro atoms. The van der Waals surface area contributed by atoms with Crippen molar-refractivity contribution in [1.29, 1.82) is 0 Å². The van der Waals surface area contributed by atoms with Gasteiger partial charge in [0.2, 0.25) is 11.8 Å². The Hall–Kier alpha value is -0.710. The molecule has 0 saturated carbocycles. The van der Waals surface area contributed by atoms with E-state index in [4.69, 9.17) is 0 Å². The second kappa shape index (κ2) is 4.68. The molecule has 2 unspecified atom stereocenters. The Bertz CT molecular complexity index is 245. The van der Waals surface area contributed by atoms with E-state index in [1.807, 2.05) is 13.2 Å². The molecule has 0 radical (unpaired) electrons. The SMILES string of the molecule is CSCC(C)N1C(=O)CNC(=O)C1C. The van der Waals surface area contributed by atoms with Crippen molar-refractivity contribution in [3.8, 4) is 0 Å². The molecule has 1 rings (SSSR count). The predicted octanol–water partition coefficient (Wildman–Crippen LogP) is 0.0848. The van der Waals surface area contributed by atoms with E-state index >= 15 is 0 Å². The minimum absolute atomic E-state index is 0.0126. The van der Waals surface area contributed by atoms with Crippen molar-refractivity contribution in [3.63, 3.8) is 0 Å². The summed E-state index contributed by atoms with van der Waals surface area (Å²) in [6, 6.07) is -0.211. The number of piperazine rings is 1. The molecule has 5 heteroatoms. The van der Waals surface area contributed by atoms with Crippen LogP contribution < -0.4 is 5.32 Å². The van der Waals surface area contributed by atoms with Gasteiger partial charge in [0.15, 0.2) is 0 Å². The summed E-state index contributed by atoms with van der Waals surface area (Å²) < 4.78 is 0. The lowest BCUT2D eigenvalue weighted by Crippen LogP contribution is -2.60. The molecule has 1 saturated heterocycles. The van der Waals surface area contributed by atoms with Crippen molar-refractivity contribution < 1.29 is 9.59 Å². The van der Waals surface area contributed by atoms with E-state index in [0.29, 0.717) is 0 Å². The van der Waals surface area contributed by atoms with Gasteiger partial charge in [-0.25, -0.2) is 0 Å². The highest BCUT2D eigenvalue weighted by molar-refractivity contribution is 7.98. The van der Waals surface area contributed by atoms with Crippen molar-refractivity contribution in [2.24, 2.45) is 0 Å². The summed E-state index contributed by atoms with van der Waals surface area (Å²) in [5.74, 6) is 0.819. The van der Waals surface area contributed by atoms with E-state index in [9.17, 15) is 9.59 Å². The number of nitrogens with zero attached hydrogens (tertiary/aromatic N) is 1. The third-order valence-electron chi connectivity index (χ3n) is 2.38. The van der Waals surface area contributed by atoms with E-state index in [-0.39, 0.29) is 30.4 Å². The Morgan fingerprint density at radius 3 is 2.86 bits per heavy atom. The number of nitrogens with one attached hydrogen (secondary N) is 1. The number of carbonyl (C=O) groups is 2. The molecule has 0 aromatic heterocycles. The van der Waals surface area contributed by atoms with E-state index in [0.717, 1.165) is 5.75 Å². The maximum Gasteiger partial charge on any atom is 0.242 e. The summed E-state index contributed by atoms with van der Waals surface area (Å²) in [7, 11) is 0. The Kier molecular flexibility index (Phi) is 3.80. The highest BCUT2D eigenvalue weighted by atomic mass is 32.2. The summed E-state index contributed by atoms with van der Waals surface area (Å²) in [4.78, 5) is 24.6. The summed E-state index contributed by atoms with van der Waals surface area (Å²) in [6.45, 7) is 3.88. The third-order valence-corrected chi connectivity index (χ3v) is 3.20. The maximum atomic E-state index is 11.6. The molecule has 1 fully saturated rings. The van der Waals surface area contributed by atoms with Gasteiger partial charge in [-0.15, -0.1) is 0 Å². The van der Waals surface area contributed by atoms with E-state index < -0.39 is 0 Å². The Morgan fingerprint density at radius 2 is 2.29 bits per heavy atom. The Morgan fingerprint density at radius 1 is 1.64 bits per heavy atom. The summed E-state index contributed by atoms with van der Waals surface area (Å²) in [6.07, 6.45) is 2.00. The van der Waals surface area contributed by atoms with Gasteiger partial charge in [-0.05, 0) is 20.1 Å². The van der Waals surface area contributed by atoms with Crippen LogP contribution in [0.4, 0.5) is 0 Å². The molecule has 1 aliphatic heterocycles. The van der Waals surface area contributed by atoms with Crippen LogP contribution in [0.5, 0.6) is 0 Å². The van der Waals surface area contributed by atoms with Crippen LogP contribution in [-0.4, -0.2) is 47.4 Å². The average molecular weight is 216 g/mol. The van der Waals surface area contributed by atoms with Gasteiger partial charge >= 0.3 is 0 Å². The molecule has 0 bridgehead atoms. The van der Waals surface area contributed by atoms with Crippen molar-refractivity contribution in [1.82, 2.24) is 10.2 Å². The smallest absolute Gasteiger partial charge is 0.242 e. The maximum absolute atomic E-state index is 11.6. The highest BCUT2D eigenvalue weighted by Gasteiger charge is 2.33. The molecule has 1 aliphatic rings. The zero-order valence-corrected chi connectivity index (χ0v) is 9.56. The first-order valence-electron chi connectivity index (χ1n) is 4.65. The minimum atomic E-state index is -0.335. The van der Waals surface area contributed by atoms with Gasteiger partial charge in [-0.2, -0.15) is 11.8 Å². The van der Waals surface area contributed by atoms with Gasteiger partial charge < -0.3 is 10.2 Å². The second-order valence-electron chi connectivity index (χ2n) is 3.50. The predicted molar refractivity (Wildman–Crippen MR) is 57.2 cm³/mol. The monoisotopic (exact) mass is 216 g/mol. The van der Waals surface area contributed by atoms with Crippen LogP contribution in [0, 0.1) is 0 Å². The van der Waals surface area contributed by atoms with E-state index in [1.54, 1.807) is 23.6 Å². The van der Waals surface area contributed by atoms with Gasteiger partial charge in [0.05, 0.1) is 6.54 Å². The molecule has 2 amide bonds. The molecule has 0 aliphatic carbocycles. The molecule has 14 heavy (non-hydrogen) atoms. The Labute approximate surface area is 88.4 Å². The van der Waals surface area contributed by atoms with Gasteiger partial charge in [0.25, 0.3) is 0 Å². The first-order chi connectivity index (χ1) is 6.57. The molecule has 0 aromatic carbocycles. The van der Waals surface area contributed by atoms with Gasteiger partial charge in [0.1, 0.15) is 6.04 Å². The van der Waals surface area contributed by atoms with Crippen LogP contribution in [0.1, 0.15) is 13.8 Å². The fourth-order valence-corrected chi connectivity index (χ4v) is 2.34. The van der Waals surface area contributed by atoms with Crippen molar-refractivity contribution in [2.45, 2.75) is 25.9 Å². The molecular weight excluding hydrogens is 200 g/mol. The van der Waals surface area contributed by atoms with Gasteiger partial charge in [-0.1, -0.05) is 0 Å². The molecule has 2 atom stereocenters. The first kappa shape index (κ1) is 11.4. The van der Waals surface area contributed by atoms with Gasteiger partial charge in [0, 0.05) is 11.8 Å². The number of thioether (sulfide) groups is 1. The summed E-state index contributed by atoms with van der Waals surface area (Å²) >= 11 is 1.68. The van der Waals surface area contributed by atoms with Crippen molar-refractivity contribution >= 4 is 23.6 Å². The lowest BCUT2D eigenvalue weighted by atomic mass is 10.1. The fraction of sp³-hybridized carbons (Fsp3) is 0.778. The molecule has 4 nitrogen and oxygen atoms in total. The largest absolute Gasteiger partial charge is 0.345 e. The van der Waals surface area contributed by atoms with Crippen LogP contribution in [0.25, 0.3) is 0 Å². The lowest BCUT2D eigenvalue weighted by molar-refractivity contribution is -0.146. The topological polar surface area (TPSA) is 49.4 Å². The number of hydrogen-bond acceptors (Lipinski definition) is 3. The van der Waals surface area contributed by atoms with Crippen LogP contribution in [0.2, 0.25) is 0 Å². The molecule has 1 N–H and O–H groups in total. The average Bonchev–Trinajstić information content (AvgIpc) is 2.13. The van der Waals surface area contributed by atoms with Crippen molar-refractivity contribution in [2.75, 3.05) is 18.6 Å². The van der Waals surface area contributed by atoms with Gasteiger partial charge in [-0.3, -0.25) is 9.59 Å². The lowest BCUT2D eigenvalue weighted by Gasteiger charge is -2.37. The second-order valence-corrected chi connectivity index (χ2v) is 4.41. The first-order valence-corrected chi connectivity index (χ1v) is 6.05. The van der Waals surface area contributed by atoms with Crippen LogP contribution >= 0.6 is 11.8 Å². The molecule has 1 heterocycles. The number of amides is 2. The zero-order valence-electron chi connectivity index (χ0n) is 8.74. The summed E-state index contributed by atoms with van der Waals surface area (Å²) in [5, 5.41) is 2.57. The number of carbonyl (C=O) groups excluding carboxylic acids is 2. The minimum Gasteiger partial charge on any atom is -0.345 e. The standard InChI is InChI=1S/C9H16N2O2S/c1-6(5-14-3)11-7(2)9(13)10-4-8(11)12/h6-7H,4-5H2,1-3H3,(H,10,13). The Balaban J connectivity index is 2.71. The number of rotatable bonds is 3. The molecular formula is C9H16N2O2S. The third kappa shape index (κ3) is 2.20. The van der Waals surface area contributed by atoms with E-state index in [1.165, 1.54) is 0 Å². The van der Waals surface area contributed by atoms with Crippen LogP contribution in [0.3, 0.4) is 0 Å².